The molecule has 1 fully saturated rings. The van der Waals surface area contributed by atoms with Gasteiger partial charge in [-0.1, -0.05) is 18.1 Å². The van der Waals surface area contributed by atoms with Crippen molar-refractivity contribution < 1.29 is 9.59 Å². The molecule has 0 saturated heterocycles. The lowest BCUT2D eigenvalue weighted by molar-refractivity contribution is -0.129. The molecule has 1 aliphatic carbocycles. The van der Waals surface area contributed by atoms with Gasteiger partial charge in [-0.3, -0.25) is 9.59 Å². The van der Waals surface area contributed by atoms with Crippen molar-refractivity contribution >= 4 is 11.8 Å². The van der Waals surface area contributed by atoms with E-state index in [1.165, 1.54) is 15.8 Å². The van der Waals surface area contributed by atoms with E-state index in [9.17, 15) is 9.59 Å². The van der Waals surface area contributed by atoms with Crippen molar-refractivity contribution in [3.8, 4) is 0 Å². The lowest BCUT2D eigenvalue weighted by Crippen LogP contribution is -2.44. The number of aromatic nitrogens is 3. The predicted molar refractivity (Wildman–Crippen MR) is 81.0 cm³/mol. The van der Waals surface area contributed by atoms with Crippen molar-refractivity contribution in [2.45, 2.75) is 38.3 Å². The van der Waals surface area contributed by atoms with E-state index < -0.39 is 0 Å². The van der Waals surface area contributed by atoms with Gasteiger partial charge < -0.3 is 16.0 Å². The Hall–Kier alpha value is -1.96. The van der Waals surface area contributed by atoms with Crippen LogP contribution in [0.4, 0.5) is 0 Å². The Bertz CT molecular complexity index is 527. The van der Waals surface area contributed by atoms with Crippen LogP contribution in [0.2, 0.25) is 0 Å². The Kier molecular flexibility index (Phi) is 5.48. The number of hydrogen-bond donors (Lipinski definition) is 2. The molecule has 2 unspecified atom stereocenters. The van der Waals surface area contributed by atoms with Crippen LogP contribution in [0, 0.1) is 5.92 Å². The molecule has 0 aromatic carbocycles. The highest BCUT2D eigenvalue weighted by atomic mass is 16.2. The van der Waals surface area contributed by atoms with Gasteiger partial charge in [0.25, 0.3) is 5.91 Å². The van der Waals surface area contributed by atoms with E-state index >= 15 is 0 Å². The van der Waals surface area contributed by atoms with Gasteiger partial charge in [0.2, 0.25) is 5.91 Å². The SMILES string of the molecule is CN(C)C(=O)Cn1cc(C(=O)NC2CCCCC2CN)nn1. The van der Waals surface area contributed by atoms with E-state index in [0.29, 0.717) is 12.5 Å². The molecule has 1 aromatic rings. The highest BCUT2D eigenvalue weighted by Crippen LogP contribution is 2.23. The summed E-state index contributed by atoms with van der Waals surface area (Å²) in [7, 11) is 3.34. The van der Waals surface area contributed by atoms with Crippen molar-refractivity contribution in [3.05, 3.63) is 11.9 Å². The molecule has 2 amide bonds. The lowest BCUT2D eigenvalue weighted by atomic mass is 9.84. The predicted octanol–water partition coefficient (Wildman–Crippen LogP) is -0.386. The maximum Gasteiger partial charge on any atom is 0.273 e. The second-order valence-electron chi connectivity index (χ2n) is 5.95. The maximum absolute atomic E-state index is 12.2. The van der Waals surface area contributed by atoms with Gasteiger partial charge in [-0.2, -0.15) is 0 Å². The number of nitrogens with two attached hydrogens (primary N) is 1. The molecule has 22 heavy (non-hydrogen) atoms. The monoisotopic (exact) mass is 308 g/mol. The van der Waals surface area contributed by atoms with Gasteiger partial charge in [0.15, 0.2) is 5.69 Å². The highest BCUT2D eigenvalue weighted by Gasteiger charge is 2.26. The number of nitrogens with one attached hydrogen (secondary N) is 1. The number of likely N-dealkylation sites (N-methyl/N-ethyl adjacent to an activating group) is 1. The first kappa shape index (κ1) is 16.4. The Labute approximate surface area is 130 Å². The maximum atomic E-state index is 12.2. The zero-order chi connectivity index (χ0) is 16.1. The third-order valence-electron chi connectivity index (χ3n) is 4.10. The van der Waals surface area contributed by atoms with E-state index in [4.69, 9.17) is 5.73 Å². The minimum atomic E-state index is -0.256. The summed E-state index contributed by atoms with van der Waals surface area (Å²) in [6, 6.07) is 0.0970. The minimum Gasteiger partial charge on any atom is -0.348 e. The minimum absolute atomic E-state index is 0.0716. The quantitative estimate of drug-likeness (QED) is 0.771. The average molecular weight is 308 g/mol. The van der Waals surface area contributed by atoms with Crippen molar-refractivity contribution in [1.82, 2.24) is 25.2 Å². The van der Waals surface area contributed by atoms with Crippen LogP contribution < -0.4 is 11.1 Å². The highest BCUT2D eigenvalue weighted by molar-refractivity contribution is 5.92. The Morgan fingerprint density at radius 1 is 1.41 bits per heavy atom. The number of carbonyl (C=O) groups is 2. The van der Waals surface area contributed by atoms with E-state index in [1.54, 1.807) is 14.1 Å². The summed E-state index contributed by atoms with van der Waals surface area (Å²) in [5.41, 5.74) is 6.00. The van der Waals surface area contributed by atoms with Crippen molar-refractivity contribution in [1.29, 1.82) is 0 Å². The summed E-state index contributed by atoms with van der Waals surface area (Å²) in [6.07, 6.45) is 5.76. The van der Waals surface area contributed by atoms with E-state index in [0.717, 1.165) is 25.7 Å². The summed E-state index contributed by atoms with van der Waals surface area (Å²) in [4.78, 5) is 25.3. The number of hydrogen-bond acceptors (Lipinski definition) is 5. The second-order valence-corrected chi connectivity index (χ2v) is 5.95. The molecule has 1 aromatic heterocycles. The number of rotatable bonds is 5. The average Bonchev–Trinajstić information content (AvgIpc) is 2.96. The smallest absolute Gasteiger partial charge is 0.273 e. The third kappa shape index (κ3) is 4.03. The molecule has 122 valence electrons. The molecule has 1 heterocycles. The summed E-state index contributed by atoms with van der Waals surface area (Å²) in [5.74, 6) is -0.0377. The molecule has 0 aliphatic heterocycles. The molecule has 0 spiro atoms. The van der Waals surface area contributed by atoms with Crippen molar-refractivity contribution in [2.75, 3.05) is 20.6 Å². The van der Waals surface area contributed by atoms with E-state index in [-0.39, 0.29) is 30.1 Å². The molecule has 0 radical (unpaired) electrons. The molecule has 2 rings (SSSR count). The number of nitrogens with zero attached hydrogens (tertiary/aromatic N) is 4. The molecule has 2 atom stereocenters. The van der Waals surface area contributed by atoms with Crippen molar-refractivity contribution in [3.63, 3.8) is 0 Å². The number of amides is 2. The summed E-state index contributed by atoms with van der Waals surface area (Å²) >= 11 is 0. The third-order valence-corrected chi connectivity index (χ3v) is 4.10. The number of carbonyl (C=O) groups excluding carboxylic acids is 2. The molecule has 8 nitrogen and oxygen atoms in total. The van der Waals surface area contributed by atoms with Gasteiger partial charge in [0, 0.05) is 20.1 Å². The van der Waals surface area contributed by atoms with Crippen LogP contribution in [0.15, 0.2) is 6.20 Å². The van der Waals surface area contributed by atoms with Crippen LogP contribution in [0.5, 0.6) is 0 Å². The summed E-state index contributed by atoms with van der Waals surface area (Å²) < 4.78 is 1.37. The largest absolute Gasteiger partial charge is 0.348 e. The van der Waals surface area contributed by atoms with Gasteiger partial charge in [0.1, 0.15) is 6.54 Å². The van der Waals surface area contributed by atoms with Crippen LogP contribution in [0.3, 0.4) is 0 Å². The topological polar surface area (TPSA) is 106 Å². The van der Waals surface area contributed by atoms with Crippen LogP contribution in [0.25, 0.3) is 0 Å². The van der Waals surface area contributed by atoms with Crippen LogP contribution in [0.1, 0.15) is 36.2 Å². The molecule has 1 saturated carbocycles. The normalized spacial score (nSPS) is 21.4. The van der Waals surface area contributed by atoms with Crippen LogP contribution in [-0.4, -0.2) is 58.4 Å². The summed E-state index contributed by atoms with van der Waals surface area (Å²) in [6.45, 7) is 0.650. The molecule has 3 N–H and O–H groups in total. The lowest BCUT2D eigenvalue weighted by Gasteiger charge is -2.30. The van der Waals surface area contributed by atoms with E-state index in [1.807, 2.05) is 0 Å². The molecule has 0 bridgehead atoms. The van der Waals surface area contributed by atoms with Gasteiger partial charge in [0.05, 0.1) is 6.20 Å². The Morgan fingerprint density at radius 2 is 2.14 bits per heavy atom. The van der Waals surface area contributed by atoms with Crippen LogP contribution >= 0.6 is 0 Å². The first-order chi connectivity index (χ1) is 10.5. The van der Waals surface area contributed by atoms with Gasteiger partial charge in [-0.15, -0.1) is 5.10 Å². The van der Waals surface area contributed by atoms with Crippen molar-refractivity contribution in [2.24, 2.45) is 11.7 Å². The molecule has 8 heteroatoms. The Balaban J connectivity index is 1.95. The standard InChI is InChI=1S/C14H24N6O2/c1-19(2)13(21)9-20-8-12(17-18-20)14(22)16-11-6-4-3-5-10(11)7-15/h8,10-11H,3-7,9,15H2,1-2H3,(H,16,22). The molecular weight excluding hydrogens is 284 g/mol. The molecule has 1 aliphatic rings. The van der Waals surface area contributed by atoms with Gasteiger partial charge >= 0.3 is 0 Å². The Morgan fingerprint density at radius 3 is 2.82 bits per heavy atom. The zero-order valence-electron chi connectivity index (χ0n) is 13.2. The molecular formula is C14H24N6O2. The zero-order valence-corrected chi connectivity index (χ0v) is 13.2. The summed E-state index contributed by atoms with van der Waals surface area (Å²) in [5, 5.41) is 10.7. The van der Waals surface area contributed by atoms with E-state index in [2.05, 4.69) is 15.6 Å². The fourth-order valence-electron chi connectivity index (χ4n) is 2.68. The first-order valence-electron chi connectivity index (χ1n) is 7.62. The fraction of sp³-hybridized carbons (Fsp3) is 0.714. The first-order valence-corrected chi connectivity index (χ1v) is 7.62. The second kappa shape index (κ2) is 7.35. The van der Waals surface area contributed by atoms with Crippen LogP contribution in [-0.2, 0) is 11.3 Å². The fourth-order valence-corrected chi connectivity index (χ4v) is 2.68. The van der Waals surface area contributed by atoms with Gasteiger partial charge in [-0.25, -0.2) is 4.68 Å². The van der Waals surface area contributed by atoms with Gasteiger partial charge in [-0.05, 0) is 25.3 Å².